The molecule has 74 valence electrons. The van der Waals surface area contributed by atoms with E-state index in [0.717, 1.165) is 0 Å². The second kappa shape index (κ2) is 3.02. The fourth-order valence-electron chi connectivity index (χ4n) is 1.87. The van der Waals surface area contributed by atoms with Gasteiger partial charge >= 0.3 is 5.97 Å². The molecule has 0 saturated heterocycles. The number of rotatable bonds is 2. The maximum Gasteiger partial charge on any atom is 0.315 e. The molecular formula is C9H11N3O2. The summed E-state index contributed by atoms with van der Waals surface area (Å²) in [5.41, 5.74) is 5.23. The Balaban J connectivity index is 2.34. The van der Waals surface area contributed by atoms with Gasteiger partial charge in [-0.1, -0.05) is 0 Å². The third kappa shape index (κ3) is 1.17. The van der Waals surface area contributed by atoms with E-state index in [9.17, 15) is 4.79 Å². The Morgan fingerprint density at radius 1 is 1.57 bits per heavy atom. The van der Waals surface area contributed by atoms with Crippen LogP contribution in [0.2, 0.25) is 0 Å². The van der Waals surface area contributed by atoms with Crippen LogP contribution in [0.4, 0.5) is 0 Å². The first-order valence-corrected chi connectivity index (χ1v) is 4.40. The highest BCUT2D eigenvalue weighted by atomic mass is 16.4. The number of hydrogen-bond donors (Lipinski definition) is 2. The number of carbonyl (C=O) groups is 1. The predicted molar refractivity (Wildman–Crippen MR) is 48.6 cm³/mol. The van der Waals surface area contributed by atoms with E-state index < -0.39 is 11.4 Å². The fourth-order valence-corrected chi connectivity index (χ4v) is 1.87. The first-order chi connectivity index (χ1) is 6.65. The van der Waals surface area contributed by atoms with Crippen molar-refractivity contribution in [3.63, 3.8) is 0 Å². The molecule has 1 aliphatic rings. The topological polar surface area (TPSA) is 89.1 Å². The molecule has 5 heteroatoms. The minimum absolute atomic E-state index is 0.0342. The van der Waals surface area contributed by atoms with Gasteiger partial charge in [-0.25, -0.2) is 0 Å². The zero-order valence-electron chi connectivity index (χ0n) is 7.55. The molecule has 5 nitrogen and oxygen atoms in total. The van der Waals surface area contributed by atoms with Crippen molar-refractivity contribution in [2.24, 2.45) is 5.73 Å². The van der Waals surface area contributed by atoms with Crippen molar-refractivity contribution in [1.82, 2.24) is 9.97 Å². The lowest BCUT2D eigenvalue weighted by atomic mass is 9.64. The first kappa shape index (κ1) is 9.08. The maximum absolute atomic E-state index is 11.1. The summed E-state index contributed by atoms with van der Waals surface area (Å²) in [6.07, 6.45) is 5.42. The molecule has 1 fully saturated rings. The number of nitrogens with two attached hydrogens (primary N) is 1. The lowest BCUT2D eigenvalue weighted by Crippen LogP contribution is -2.54. The van der Waals surface area contributed by atoms with Gasteiger partial charge in [0.05, 0.1) is 5.69 Å². The van der Waals surface area contributed by atoms with Crippen molar-refractivity contribution >= 4 is 5.97 Å². The minimum atomic E-state index is -0.895. The summed E-state index contributed by atoms with van der Waals surface area (Å²) < 4.78 is 0. The van der Waals surface area contributed by atoms with Gasteiger partial charge in [-0.3, -0.25) is 14.8 Å². The molecule has 3 N–H and O–H groups in total. The molecule has 0 radical (unpaired) electrons. The van der Waals surface area contributed by atoms with Crippen molar-refractivity contribution in [3.8, 4) is 0 Å². The van der Waals surface area contributed by atoms with Gasteiger partial charge in [0.25, 0.3) is 0 Å². The molecule has 2 rings (SSSR count). The van der Waals surface area contributed by atoms with Crippen LogP contribution in [0.3, 0.4) is 0 Å². The average molecular weight is 193 g/mol. The van der Waals surface area contributed by atoms with Crippen LogP contribution in [0.5, 0.6) is 0 Å². The highest BCUT2D eigenvalue weighted by Gasteiger charge is 2.51. The summed E-state index contributed by atoms with van der Waals surface area (Å²) in [6.45, 7) is 0. The summed E-state index contributed by atoms with van der Waals surface area (Å²) >= 11 is 0. The predicted octanol–water partition coefficient (Wildman–Crippen LogP) is -0.0799. The van der Waals surface area contributed by atoms with Gasteiger partial charge in [-0.05, 0) is 12.8 Å². The van der Waals surface area contributed by atoms with E-state index in [4.69, 9.17) is 10.8 Å². The lowest BCUT2D eigenvalue weighted by molar-refractivity contribution is -0.148. The SMILES string of the molecule is NC1CC(C(=O)O)(c2cnccn2)C1. The van der Waals surface area contributed by atoms with Gasteiger partial charge in [0.15, 0.2) is 0 Å². The van der Waals surface area contributed by atoms with Crippen molar-refractivity contribution in [3.05, 3.63) is 24.3 Å². The highest BCUT2D eigenvalue weighted by molar-refractivity contribution is 5.82. The zero-order valence-corrected chi connectivity index (χ0v) is 7.55. The van der Waals surface area contributed by atoms with Crippen molar-refractivity contribution < 1.29 is 9.90 Å². The van der Waals surface area contributed by atoms with Crippen LogP contribution in [-0.2, 0) is 10.2 Å². The minimum Gasteiger partial charge on any atom is -0.481 e. The van der Waals surface area contributed by atoms with Crippen molar-refractivity contribution in [2.45, 2.75) is 24.3 Å². The molecule has 0 spiro atoms. The molecule has 0 atom stereocenters. The molecule has 1 aromatic rings. The first-order valence-electron chi connectivity index (χ1n) is 4.40. The van der Waals surface area contributed by atoms with E-state index >= 15 is 0 Å². The summed E-state index contributed by atoms with van der Waals surface area (Å²) in [4.78, 5) is 19.0. The molecular weight excluding hydrogens is 182 g/mol. The molecule has 0 unspecified atom stereocenters. The summed E-state index contributed by atoms with van der Waals surface area (Å²) in [5.74, 6) is -0.861. The number of carboxylic acids is 1. The highest BCUT2D eigenvalue weighted by Crippen LogP contribution is 2.41. The number of aromatic nitrogens is 2. The van der Waals surface area contributed by atoms with Gasteiger partial charge in [-0.15, -0.1) is 0 Å². The molecule has 0 amide bonds. The Kier molecular flexibility index (Phi) is 1.96. The van der Waals surface area contributed by atoms with Crippen LogP contribution in [0.1, 0.15) is 18.5 Å². The summed E-state index contributed by atoms with van der Waals surface area (Å²) in [6, 6.07) is -0.0342. The van der Waals surface area contributed by atoms with Crippen LogP contribution in [0.15, 0.2) is 18.6 Å². The normalized spacial score (nSPS) is 30.8. The van der Waals surface area contributed by atoms with Crippen LogP contribution < -0.4 is 5.73 Å². The number of aliphatic carboxylic acids is 1. The quantitative estimate of drug-likeness (QED) is 0.685. The Morgan fingerprint density at radius 2 is 2.29 bits per heavy atom. The van der Waals surface area contributed by atoms with E-state index in [2.05, 4.69) is 9.97 Å². The largest absolute Gasteiger partial charge is 0.481 e. The van der Waals surface area contributed by atoms with Gasteiger partial charge in [-0.2, -0.15) is 0 Å². The van der Waals surface area contributed by atoms with Crippen LogP contribution in [-0.4, -0.2) is 27.1 Å². The summed E-state index contributed by atoms with van der Waals surface area (Å²) in [7, 11) is 0. The Morgan fingerprint density at radius 3 is 2.71 bits per heavy atom. The Labute approximate surface area is 81.0 Å². The monoisotopic (exact) mass is 193 g/mol. The molecule has 1 aliphatic carbocycles. The van der Waals surface area contributed by atoms with Gasteiger partial charge in [0, 0.05) is 24.6 Å². The zero-order chi connectivity index (χ0) is 10.2. The standard InChI is InChI=1S/C9H11N3O2/c10-6-3-9(4-6,8(13)14)7-5-11-1-2-12-7/h1-2,5-6H,3-4,10H2,(H,13,14). The molecule has 1 aromatic heterocycles. The van der Waals surface area contributed by atoms with E-state index in [0.29, 0.717) is 18.5 Å². The smallest absolute Gasteiger partial charge is 0.315 e. The Hall–Kier alpha value is -1.49. The second-order valence-electron chi connectivity index (χ2n) is 3.65. The third-order valence-corrected chi connectivity index (χ3v) is 2.68. The van der Waals surface area contributed by atoms with Gasteiger partial charge < -0.3 is 10.8 Å². The van der Waals surface area contributed by atoms with Crippen LogP contribution in [0.25, 0.3) is 0 Å². The molecule has 1 saturated carbocycles. The van der Waals surface area contributed by atoms with Crippen LogP contribution >= 0.6 is 0 Å². The van der Waals surface area contributed by atoms with E-state index in [-0.39, 0.29) is 6.04 Å². The van der Waals surface area contributed by atoms with Crippen LogP contribution in [0, 0.1) is 0 Å². The van der Waals surface area contributed by atoms with E-state index in [1.54, 1.807) is 0 Å². The number of nitrogens with zero attached hydrogens (tertiary/aromatic N) is 2. The average Bonchev–Trinajstić information content (AvgIpc) is 2.13. The summed E-state index contributed by atoms with van der Waals surface area (Å²) in [5, 5.41) is 9.13. The molecule has 0 aromatic carbocycles. The van der Waals surface area contributed by atoms with E-state index in [1.165, 1.54) is 18.6 Å². The fraction of sp³-hybridized carbons (Fsp3) is 0.444. The molecule has 14 heavy (non-hydrogen) atoms. The number of hydrogen-bond acceptors (Lipinski definition) is 4. The number of carboxylic acid groups (broad SMARTS) is 1. The van der Waals surface area contributed by atoms with Crippen molar-refractivity contribution in [1.29, 1.82) is 0 Å². The van der Waals surface area contributed by atoms with E-state index in [1.807, 2.05) is 0 Å². The Bertz CT molecular complexity index is 346. The molecule has 1 heterocycles. The van der Waals surface area contributed by atoms with Gasteiger partial charge in [0.1, 0.15) is 5.41 Å². The van der Waals surface area contributed by atoms with Crippen molar-refractivity contribution in [2.75, 3.05) is 0 Å². The lowest BCUT2D eigenvalue weighted by Gasteiger charge is -2.41. The second-order valence-corrected chi connectivity index (χ2v) is 3.65. The van der Waals surface area contributed by atoms with Gasteiger partial charge in [0.2, 0.25) is 0 Å². The third-order valence-electron chi connectivity index (χ3n) is 2.68. The molecule has 0 aliphatic heterocycles. The molecule has 0 bridgehead atoms. The maximum atomic E-state index is 11.1.